The number of morpholine rings is 1. The number of aromatic nitrogens is 3. The Balaban J connectivity index is 1.13. The van der Waals surface area contributed by atoms with Crippen LogP contribution < -0.4 is 15.4 Å². The summed E-state index contributed by atoms with van der Waals surface area (Å²) in [5.41, 5.74) is 3.27. The fourth-order valence-electron chi connectivity index (χ4n) is 4.14. The topological polar surface area (TPSA) is 118 Å². The highest BCUT2D eigenvalue weighted by Gasteiger charge is 2.20. The molecule has 3 heterocycles. The van der Waals surface area contributed by atoms with E-state index in [-0.39, 0.29) is 5.41 Å². The Kier molecular flexibility index (Phi) is 7.94. The minimum absolute atomic E-state index is 0.188. The van der Waals surface area contributed by atoms with Gasteiger partial charge in [-0.1, -0.05) is 38.1 Å². The number of carbonyl (C=O) groups is 1. The predicted octanol–water partition coefficient (Wildman–Crippen LogP) is 5.38. The molecule has 204 valence electrons. The second-order valence-corrected chi connectivity index (χ2v) is 10.5. The van der Waals surface area contributed by atoms with Gasteiger partial charge >= 0.3 is 6.03 Å². The third-order valence-electron chi connectivity index (χ3n) is 6.43. The number of ether oxygens (including phenoxy) is 2. The number of imidazole rings is 1. The van der Waals surface area contributed by atoms with Crippen molar-refractivity contribution in [2.24, 2.45) is 0 Å². The quantitative estimate of drug-likeness (QED) is 0.280. The van der Waals surface area contributed by atoms with Crippen LogP contribution in [-0.2, 0) is 10.2 Å². The van der Waals surface area contributed by atoms with Crippen molar-refractivity contribution in [3.8, 4) is 28.4 Å². The summed E-state index contributed by atoms with van der Waals surface area (Å²) in [7, 11) is 0. The van der Waals surface area contributed by atoms with Crippen LogP contribution in [0.25, 0.3) is 22.6 Å². The highest BCUT2D eigenvalue weighted by molar-refractivity contribution is 5.99. The van der Waals surface area contributed by atoms with Crippen molar-refractivity contribution in [1.29, 1.82) is 0 Å². The van der Waals surface area contributed by atoms with Crippen molar-refractivity contribution < 1.29 is 18.8 Å². The lowest BCUT2D eigenvalue weighted by Crippen LogP contribution is -2.38. The molecule has 3 N–H and O–H groups in total. The zero-order chi connectivity index (χ0) is 27.2. The largest absolute Gasteiger partial charge is 0.492 e. The number of anilines is 2. The highest BCUT2D eigenvalue weighted by atomic mass is 16.5. The maximum atomic E-state index is 12.4. The van der Waals surface area contributed by atoms with Gasteiger partial charge in [-0.3, -0.25) is 10.2 Å². The molecular formula is C29H34N6O4. The third kappa shape index (κ3) is 7.04. The van der Waals surface area contributed by atoms with Crippen LogP contribution in [0.4, 0.5) is 16.3 Å². The average molecular weight is 531 g/mol. The summed E-state index contributed by atoms with van der Waals surface area (Å²) in [6.07, 6.45) is 1.80. The van der Waals surface area contributed by atoms with E-state index < -0.39 is 6.03 Å². The van der Waals surface area contributed by atoms with Gasteiger partial charge in [0.1, 0.15) is 23.9 Å². The summed E-state index contributed by atoms with van der Waals surface area (Å²) in [5, 5.41) is 9.41. The maximum Gasteiger partial charge on any atom is 0.324 e. The molecule has 2 aromatic carbocycles. The number of rotatable bonds is 8. The maximum absolute atomic E-state index is 12.4. The first-order valence-electron chi connectivity index (χ1n) is 13.1. The second kappa shape index (κ2) is 11.7. The van der Waals surface area contributed by atoms with Crippen molar-refractivity contribution in [3.05, 3.63) is 66.6 Å². The van der Waals surface area contributed by atoms with E-state index in [0.717, 1.165) is 61.2 Å². The number of nitrogens with zero attached hydrogens (tertiary/aromatic N) is 3. The summed E-state index contributed by atoms with van der Waals surface area (Å²) in [6, 6.07) is 16.8. The van der Waals surface area contributed by atoms with Gasteiger partial charge in [0.05, 0.1) is 25.1 Å². The molecule has 0 unspecified atom stereocenters. The third-order valence-corrected chi connectivity index (χ3v) is 6.43. The van der Waals surface area contributed by atoms with Gasteiger partial charge in [0.2, 0.25) is 0 Å². The molecule has 0 radical (unpaired) electrons. The minimum Gasteiger partial charge on any atom is -0.492 e. The SMILES string of the molecule is CC(C)(C)c1cc(NC(=O)Nc2ccc(-c3cnc(-c4ccc(OCCN5CCOCC5)cc4)[nH]3)cc2)no1. The Hall–Kier alpha value is -4.15. The van der Waals surface area contributed by atoms with Crippen molar-refractivity contribution >= 4 is 17.5 Å². The van der Waals surface area contributed by atoms with E-state index in [2.05, 4.69) is 30.7 Å². The van der Waals surface area contributed by atoms with Gasteiger partial charge in [-0.2, -0.15) is 0 Å². The van der Waals surface area contributed by atoms with E-state index in [9.17, 15) is 4.79 Å². The van der Waals surface area contributed by atoms with Crippen LogP contribution >= 0.6 is 0 Å². The van der Waals surface area contributed by atoms with Gasteiger partial charge in [-0.25, -0.2) is 9.78 Å². The summed E-state index contributed by atoms with van der Waals surface area (Å²) >= 11 is 0. The van der Waals surface area contributed by atoms with E-state index in [4.69, 9.17) is 14.0 Å². The first-order valence-corrected chi connectivity index (χ1v) is 13.1. The molecule has 0 aliphatic carbocycles. The monoisotopic (exact) mass is 530 g/mol. The molecule has 39 heavy (non-hydrogen) atoms. The van der Waals surface area contributed by atoms with Gasteiger partial charge in [-0.15, -0.1) is 0 Å². The molecule has 4 aromatic rings. The summed E-state index contributed by atoms with van der Waals surface area (Å²) < 4.78 is 16.6. The molecule has 0 saturated carbocycles. The zero-order valence-corrected chi connectivity index (χ0v) is 22.5. The number of amides is 2. The van der Waals surface area contributed by atoms with E-state index in [0.29, 0.717) is 23.9 Å². The molecular weight excluding hydrogens is 496 g/mol. The standard InChI is InChI=1S/C29H34N6O4/c1-29(2,3)25-18-26(34-39-25)33-28(36)31-22-8-4-20(5-9-22)24-19-30-27(32-24)21-6-10-23(11-7-21)38-17-14-35-12-15-37-16-13-35/h4-11,18-19H,12-17H2,1-3H3,(H,30,32)(H2,31,33,34,36). The number of carbonyl (C=O) groups excluding carboxylic acids is 1. The van der Waals surface area contributed by atoms with Crippen LogP contribution in [0.1, 0.15) is 26.5 Å². The van der Waals surface area contributed by atoms with E-state index in [1.165, 1.54) is 0 Å². The molecule has 1 aliphatic heterocycles. The number of aromatic amines is 1. The lowest BCUT2D eigenvalue weighted by Gasteiger charge is -2.26. The fourth-order valence-corrected chi connectivity index (χ4v) is 4.14. The van der Waals surface area contributed by atoms with Crippen LogP contribution in [0, 0.1) is 0 Å². The smallest absolute Gasteiger partial charge is 0.324 e. The Morgan fingerprint density at radius 2 is 1.74 bits per heavy atom. The fraction of sp³-hybridized carbons (Fsp3) is 0.345. The van der Waals surface area contributed by atoms with Gasteiger partial charge in [0.15, 0.2) is 5.82 Å². The van der Waals surface area contributed by atoms with Gasteiger partial charge in [0.25, 0.3) is 0 Å². The summed E-state index contributed by atoms with van der Waals surface area (Å²) in [5.74, 6) is 2.68. The van der Waals surface area contributed by atoms with Crippen molar-refractivity contribution in [1.82, 2.24) is 20.0 Å². The molecule has 0 bridgehead atoms. The van der Waals surface area contributed by atoms with Crippen molar-refractivity contribution in [3.63, 3.8) is 0 Å². The number of benzene rings is 2. The Bertz CT molecular complexity index is 1370. The first kappa shape index (κ1) is 26.5. The number of H-pyrrole nitrogens is 1. The molecule has 1 saturated heterocycles. The lowest BCUT2D eigenvalue weighted by molar-refractivity contribution is 0.0322. The molecule has 1 fully saturated rings. The predicted molar refractivity (Wildman–Crippen MR) is 150 cm³/mol. The first-order chi connectivity index (χ1) is 18.8. The number of hydrogen-bond donors (Lipinski definition) is 3. The number of nitrogens with one attached hydrogen (secondary N) is 3. The van der Waals surface area contributed by atoms with Gasteiger partial charge in [-0.05, 0) is 42.0 Å². The highest BCUT2D eigenvalue weighted by Crippen LogP contribution is 2.26. The van der Waals surface area contributed by atoms with Gasteiger partial charge < -0.3 is 24.3 Å². The molecule has 2 aromatic heterocycles. The Labute approximate surface area is 227 Å². The van der Waals surface area contributed by atoms with Gasteiger partial charge in [0, 0.05) is 42.4 Å². The molecule has 0 spiro atoms. The molecule has 0 atom stereocenters. The summed E-state index contributed by atoms with van der Waals surface area (Å²) in [4.78, 5) is 22.6. The van der Waals surface area contributed by atoms with E-state index >= 15 is 0 Å². The Morgan fingerprint density at radius 1 is 1.03 bits per heavy atom. The molecule has 10 nitrogen and oxygen atoms in total. The molecule has 5 rings (SSSR count). The van der Waals surface area contributed by atoms with Crippen molar-refractivity contribution in [2.75, 3.05) is 50.1 Å². The molecule has 2 amide bonds. The lowest BCUT2D eigenvalue weighted by atomic mass is 9.93. The van der Waals surface area contributed by atoms with Crippen LogP contribution in [0.2, 0.25) is 0 Å². The van der Waals surface area contributed by atoms with Crippen LogP contribution in [0.3, 0.4) is 0 Å². The normalized spacial score (nSPS) is 14.2. The van der Waals surface area contributed by atoms with Crippen LogP contribution in [-0.4, -0.2) is 65.5 Å². The number of hydrogen-bond acceptors (Lipinski definition) is 7. The van der Waals surface area contributed by atoms with E-state index in [1.54, 1.807) is 12.3 Å². The van der Waals surface area contributed by atoms with E-state index in [1.807, 2.05) is 69.3 Å². The minimum atomic E-state index is -0.395. The zero-order valence-electron chi connectivity index (χ0n) is 22.5. The number of urea groups is 1. The van der Waals surface area contributed by atoms with Crippen molar-refractivity contribution in [2.45, 2.75) is 26.2 Å². The average Bonchev–Trinajstić information content (AvgIpc) is 3.61. The van der Waals surface area contributed by atoms with Crippen LogP contribution in [0.5, 0.6) is 5.75 Å². The molecule has 10 heteroatoms. The molecule has 1 aliphatic rings. The van der Waals surface area contributed by atoms with Crippen LogP contribution in [0.15, 0.2) is 65.3 Å². The summed E-state index contributed by atoms with van der Waals surface area (Å²) in [6.45, 7) is 11.1. The Morgan fingerprint density at radius 3 is 2.44 bits per heavy atom. The second-order valence-electron chi connectivity index (χ2n) is 10.5.